The number of rotatable bonds is 1. The minimum Gasteiger partial charge on any atom is -0.454 e. The third kappa shape index (κ3) is 19.6. The van der Waals surface area contributed by atoms with E-state index in [0.717, 1.165) is 0 Å². The first kappa shape index (κ1) is 15.7. The zero-order valence-corrected chi connectivity index (χ0v) is 6.37. The smallest absolute Gasteiger partial charge is 0.295 e. The fourth-order valence-corrected chi connectivity index (χ4v) is 0. The normalized spacial score (nSPS) is 3.50. The van der Waals surface area contributed by atoms with Gasteiger partial charge in [-0.25, -0.2) is 0 Å². The molecule has 0 spiro atoms. The second-order valence-electron chi connectivity index (χ2n) is 0.232. The minimum atomic E-state index is 0. The van der Waals surface area contributed by atoms with Crippen LogP contribution in [-0.4, -0.2) is 6.47 Å². The third-order valence-electron chi connectivity index (χ3n) is 0.0556. The van der Waals surface area contributed by atoms with Crippen molar-refractivity contribution >= 4 is 15.9 Å². The minimum absolute atomic E-state index is 0. The molecule has 43 valence electrons. The fourth-order valence-electron chi connectivity index (χ4n) is 0. The topological polar surface area (TPSA) is 26.3 Å². The molecule has 0 aromatic rings. The van der Waals surface area contributed by atoms with Crippen LogP contribution in [0.25, 0.3) is 0 Å². The molecule has 0 aliphatic heterocycles. The zero-order chi connectivity index (χ0) is 3.41. The van der Waals surface area contributed by atoms with Gasteiger partial charge in [0.2, 0.25) is 0 Å². The predicted molar refractivity (Wildman–Crippen MR) is 16.9 cm³/mol. The molecule has 0 aliphatic carbocycles. The molecule has 0 aromatic carbocycles. The molecule has 0 rings (SSSR count). The summed E-state index contributed by atoms with van der Waals surface area (Å²) in [4.78, 5) is 8.93. The maximum absolute atomic E-state index is 8.93. The van der Waals surface area contributed by atoms with Crippen LogP contribution in [0.4, 0.5) is 0 Å². The Bertz CT molecular complexity index is 27.5. The van der Waals surface area contributed by atoms with E-state index >= 15 is 0 Å². The van der Waals surface area contributed by atoms with Gasteiger partial charge in [0.15, 0.2) is 0 Å². The molecule has 0 aliphatic rings. The molecular weight excluding hydrogens is 240 g/mol. The summed E-state index contributed by atoms with van der Waals surface area (Å²) in [6.45, 7) is 0.338. The van der Waals surface area contributed by atoms with E-state index in [1.807, 2.05) is 0 Å². The van der Waals surface area contributed by atoms with Crippen molar-refractivity contribution in [3.8, 4) is 0 Å². The van der Waals surface area contributed by atoms with Crippen LogP contribution >= 0.6 is 9.47 Å². The van der Waals surface area contributed by atoms with Crippen LogP contribution in [0.2, 0.25) is 0 Å². The Balaban J connectivity index is -0.0000000450. The van der Waals surface area contributed by atoms with Crippen molar-refractivity contribution in [2.45, 2.75) is 0 Å². The van der Waals surface area contributed by atoms with Gasteiger partial charge in [0.05, 0.1) is 9.47 Å². The summed E-state index contributed by atoms with van der Waals surface area (Å²) in [5.41, 5.74) is 0. The Hall–Kier alpha value is 1.07. The van der Waals surface area contributed by atoms with Crippen LogP contribution in [0.1, 0.15) is 0 Å². The molecule has 1 atom stereocenters. The Morgan fingerprint density at radius 1 is 1.67 bits per heavy atom. The number of carbonyl (C=O) groups excluding carboxylic acids is 1. The molecule has 1 radical (unpaired) electrons. The summed E-state index contributed by atoms with van der Waals surface area (Å²) in [6.07, 6.45) is 0. The zero-order valence-electron chi connectivity index (χ0n) is 2.62. The Labute approximate surface area is 62.5 Å². The van der Waals surface area contributed by atoms with E-state index in [-0.39, 0.29) is 37.2 Å². The monoisotopic (exact) mass is 243 g/mol. The van der Waals surface area contributed by atoms with E-state index < -0.39 is 0 Å². The number of hydrogen-bond donors (Lipinski definition) is 0. The van der Waals surface area contributed by atoms with Gasteiger partial charge in [-0.15, -0.1) is 0 Å². The Morgan fingerprint density at radius 2 is 1.83 bits per heavy atom. The van der Waals surface area contributed by atoms with Crippen molar-refractivity contribution in [3.05, 3.63) is 0 Å². The van der Waals surface area contributed by atoms with Crippen molar-refractivity contribution in [1.82, 2.24) is 0 Å². The quantitative estimate of drug-likeness (QED) is 0.366. The van der Waals surface area contributed by atoms with Crippen molar-refractivity contribution in [1.29, 1.82) is 0 Å². The van der Waals surface area contributed by atoms with Crippen molar-refractivity contribution < 1.29 is 46.5 Å². The van der Waals surface area contributed by atoms with Crippen LogP contribution in [0, 0.1) is 0 Å². The van der Waals surface area contributed by atoms with E-state index in [4.69, 9.17) is 4.79 Å². The maximum atomic E-state index is 8.93. The van der Waals surface area contributed by atoms with Gasteiger partial charge in [0.1, 0.15) is 0 Å². The molecule has 6 heavy (non-hydrogen) atoms. The summed E-state index contributed by atoms with van der Waals surface area (Å²) in [6, 6.07) is 0. The summed E-state index contributed by atoms with van der Waals surface area (Å²) < 4.78 is 3.78. The molecule has 0 aromatic heterocycles. The molecule has 0 fully saturated rings. The second kappa shape index (κ2) is 16.6. The van der Waals surface area contributed by atoms with Gasteiger partial charge in [-0.1, -0.05) is 0 Å². The molecule has 0 saturated carbocycles. The van der Waals surface area contributed by atoms with Crippen LogP contribution in [0.3, 0.4) is 0 Å². The van der Waals surface area contributed by atoms with Crippen LogP contribution in [0.15, 0.2) is 0 Å². The van der Waals surface area contributed by atoms with Gasteiger partial charge >= 0.3 is 0 Å². The van der Waals surface area contributed by atoms with Crippen molar-refractivity contribution in [2.75, 3.05) is 0 Å². The molecule has 2 nitrogen and oxygen atoms in total. The number of hydrogen-bond acceptors (Lipinski definition) is 2. The molecule has 0 saturated heterocycles. The molecule has 1 unspecified atom stereocenters. The van der Waals surface area contributed by atoms with Crippen LogP contribution in [0.5, 0.6) is 0 Å². The first-order valence-electron chi connectivity index (χ1n) is 0.707. The summed E-state index contributed by atoms with van der Waals surface area (Å²) >= 11 is 0. The molecule has 0 amide bonds. The fraction of sp³-hybridized carbons (Fsp3) is 0. The molecule has 0 N–H and O–H groups in total. The van der Waals surface area contributed by atoms with Gasteiger partial charge in [0, 0.05) is 37.2 Å². The van der Waals surface area contributed by atoms with E-state index in [1.165, 1.54) is 0 Å². The van der Waals surface area contributed by atoms with Gasteiger partial charge in [-0.3, -0.25) is 4.79 Å². The van der Waals surface area contributed by atoms with Gasteiger partial charge < -0.3 is 4.52 Å². The van der Waals surface area contributed by atoms with Gasteiger partial charge in [-0.2, -0.15) is 0 Å². The molecule has 5 heteroatoms. The molecule has 0 bridgehead atoms. The second-order valence-corrected chi connectivity index (χ2v) is 0.504. The molecular formula is CH3CoO2PPd. The predicted octanol–water partition coefficient (Wildman–Crippen LogP) is -0.0555. The maximum Gasteiger partial charge on any atom is 0.295 e. The first-order valence-corrected chi connectivity index (χ1v) is 1.18. The average molecular weight is 243 g/mol. The third-order valence-corrected chi connectivity index (χ3v) is 0.167. The largest absolute Gasteiger partial charge is 0.454 e. The van der Waals surface area contributed by atoms with Gasteiger partial charge in [0.25, 0.3) is 6.47 Å². The number of carbonyl (C=O) groups is 1. The average Bonchev–Trinajstić information content (AvgIpc) is 1.37. The standard InChI is InChI=1S/CH3O2P.Co.Pd/c2-1-3-4;;/h1H,4H2;;. The SMILES string of the molecule is O=COP.[Co].[Pd]. The Morgan fingerprint density at radius 3 is 1.83 bits per heavy atom. The van der Waals surface area contributed by atoms with Crippen LogP contribution in [-0.2, 0) is 46.5 Å². The summed E-state index contributed by atoms with van der Waals surface area (Å²) in [5, 5.41) is 0. The van der Waals surface area contributed by atoms with E-state index in [1.54, 1.807) is 9.47 Å². The van der Waals surface area contributed by atoms with Crippen LogP contribution < -0.4 is 0 Å². The van der Waals surface area contributed by atoms with Crippen molar-refractivity contribution in [2.24, 2.45) is 0 Å². The summed E-state index contributed by atoms with van der Waals surface area (Å²) in [5.74, 6) is 0. The van der Waals surface area contributed by atoms with Crippen molar-refractivity contribution in [3.63, 3.8) is 0 Å². The Kier molecular flexibility index (Phi) is 43.4. The summed E-state index contributed by atoms with van der Waals surface area (Å²) in [7, 11) is 1.79. The molecule has 0 heterocycles. The van der Waals surface area contributed by atoms with E-state index in [9.17, 15) is 0 Å². The van der Waals surface area contributed by atoms with Gasteiger partial charge in [-0.05, 0) is 0 Å². The van der Waals surface area contributed by atoms with E-state index in [0.29, 0.717) is 6.47 Å². The van der Waals surface area contributed by atoms with E-state index in [2.05, 4.69) is 4.52 Å². The first-order chi connectivity index (χ1) is 1.91.